The number of hydrogen-bond donors (Lipinski definition) is 1. The Labute approximate surface area is 165 Å². The molecule has 1 N–H and O–H groups in total. The van der Waals surface area contributed by atoms with Gasteiger partial charge in [-0.25, -0.2) is 4.79 Å². The van der Waals surface area contributed by atoms with Crippen molar-refractivity contribution in [3.05, 3.63) is 48.3 Å². The Morgan fingerprint density at radius 3 is 2.32 bits per heavy atom. The maximum absolute atomic E-state index is 12.6. The largest absolute Gasteiger partial charge is 0.494 e. The summed E-state index contributed by atoms with van der Waals surface area (Å²) in [5.41, 5.74) is 0.902. The second-order valence-corrected chi connectivity index (χ2v) is 6.44. The van der Waals surface area contributed by atoms with Gasteiger partial charge in [-0.05, 0) is 39.2 Å². The van der Waals surface area contributed by atoms with E-state index < -0.39 is 35.8 Å². The minimum atomic E-state index is -1.04. The molecule has 0 fully saturated rings. The molecule has 1 aliphatic carbocycles. The van der Waals surface area contributed by atoms with Gasteiger partial charge >= 0.3 is 17.9 Å². The van der Waals surface area contributed by atoms with Crippen molar-refractivity contribution in [3.8, 4) is 0 Å². The number of ether oxygens (including phenoxy) is 3. The summed E-state index contributed by atoms with van der Waals surface area (Å²) in [6.45, 7) is 8.60. The predicted octanol–water partition coefficient (Wildman–Crippen LogP) is 3.18. The normalized spacial score (nSPS) is 20.8. The van der Waals surface area contributed by atoms with Gasteiger partial charge in [0.25, 0.3) is 0 Å². The van der Waals surface area contributed by atoms with Crippen LogP contribution in [0.25, 0.3) is 0 Å². The van der Waals surface area contributed by atoms with Gasteiger partial charge in [0.1, 0.15) is 13.2 Å². The smallest absolute Gasteiger partial charge is 0.330 e. The molecule has 3 unspecified atom stereocenters. The molecule has 0 aliphatic heterocycles. The number of rotatable bonds is 10. The Bertz CT molecular complexity index is 672. The zero-order valence-corrected chi connectivity index (χ0v) is 16.6. The molecule has 0 aromatic carbocycles. The van der Waals surface area contributed by atoms with E-state index in [-0.39, 0.29) is 26.1 Å². The molecule has 3 atom stereocenters. The fourth-order valence-corrected chi connectivity index (χ4v) is 2.65. The van der Waals surface area contributed by atoms with Crippen molar-refractivity contribution < 1.29 is 33.7 Å². The van der Waals surface area contributed by atoms with Crippen LogP contribution in [0.5, 0.6) is 0 Å². The van der Waals surface area contributed by atoms with Crippen molar-refractivity contribution in [1.82, 2.24) is 0 Å². The molecular formula is C21H28O7. The summed E-state index contributed by atoms with van der Waals surface area (Å²) < 4.78 is 16.1. The zero-order valence-electron chi connectivity index (χ0n) is 16.6. The van der Waals surface area contributed by atoms with Gasteiger partial charge in [-0.3, -0.25) is 9.59 Å². The summed E-state index contributed by atoms with van der Waals surface area (Å²) in [7, 11) is 0. The summed E-state index contributed by atoms with van der Waals surface area (Å²) in [5, 5.41) is 9.33. The number of aliphatic carboxylic acids is 1. The number of carbonyl (C=O) groups is 3. The standard InChI is InChI=1S/C21H28O7/c1-5-9-14(3)15(4)26-12-16(13-27-19(22)6-2)28-21(25)18-11-8-7-10-17(18)20(23)24/h5-9,16-18H,2,10-13H2,1,3-4H3,(H,23,24)/b9-5-,15-14+. The molecule has 0 aromatic heterocycles. The molecule has 1 aliphatic rings. The monoisotopic (exact) mass is 392 g/mol. The number of carboxylic acid groups (broad SMARTS) is 1. The number of hydrogen-bond acceptors (Lipinski definition) is 6. The number of carboxylic acids is 1. The van der Waals surface area contributed by atoms with Crippen LogP contribution in [0.3, 0.4) is 0 Å². The maximum Gasteiger partial charge on any atom is 0.330 e. The van der Waals surface area contributed by atoms with E-state index >= 15 is 0 Å². The summed E-state index contributed by atoms with van der Waals surface area (Å²) in [6.07, 6.45) is 7.95. The third kappa shape index (κ3) is 7.42. The predicted molar refractivity (Wildman–Crippen MR) is 103 cm³/mol. The summed E-state index contributed by atoms with van der Waals surface area (Å²) >= 11 is 0. The molecule has 0 saturated heterocycles. The number of allylic oxidation sites excluding steroid dienone is 6. The van der Waals surface area contributed by atoms with Crippen LogP contribution >= 0.6 is 0 Å². The van der Waals surface area contributed by atoms with E-state index in [1.807, 2.05) is 26.0 Å². The van der Waals surface area contributed by atoms with Crippen LogP contribution in [0, 0.1) is 11.8 Å². The van der Waals surface area contributed by atoms with Crippen LogP contribution in [-0.2, 0) is 28.6 Å². The van der Waals surface area contributed by atoms with E-state index in [0.29, 0.717) is 5.76 Å². The zero-order chi connectivity index (χ0) is 21.1. The Hall–Kier alpha value is -2.83. The van der Waals surface area contributed by atoms with Gasteiger partial charge in [-0.15, -0.1) is 0 Å². The van der Waals surface area contributed by atoms with Crippen molar-refractivity contribution in [2.75, 3.05) is 13.2 Å². The fourth-order valence-electron chi connectivity index (χ4n) is 2.65. The highest BCUT2D eigenvalue weighted by molar-refractivity contribution is 5.82. The topological polar surface area (TPSA) is 99.1 Å². The third-order valence-electron chi connectivity index (χ3n) is 4.37. The van der Waals surface area contributed by atoms with Gasteiger partial charge in [0, 0.05) is 6.08 Å². The van der Waals surface area contributed by atoms with E-state index in [2.05, 4.69) is 6.58 Å². The second-order valence-electron chi connectivity index (χ2n) is 6.44. The van der Waals surface area contributed by atoms with E-state index in [4.69, 9.17) is 14.2 Å². The van der Waals surface area contributed by atoms with Crippen LogP contribution in [0.2, 0.25) is 0 Å². The molecular weight excluding hydrogens is 364 g/mol. The fraction of sp³-hybridized carbons (Fsp3) is 0.476. The van der Waals surface area contributed by atoms with Crippen molar-refractivity contribution in [2.45, 2.75) is 39.7 Å². The highest BCUT2D eigenvalue weighted by Crippen LogP contribution is 2.27. The average molecular weight is 392 g/mol. The van der Waals surface area contributed by atoms with Crippen LogP contribution in [-0.4, -0.2) is 42.3 Å². The molecule has 154 valence electrons. The van der Waals surface area contributed by atoms with Gasteiger partial charge < -0.3 is 19.3 Å². The SMILES string of the molecule is C=CC(=O)OCC(CO/C(C)=C(C)/C=C\C)OC(=O)C1CC=CCC1C(=O)O. The van der Waals surface area contributed by atoms with E-state index in [9.17, 15) is 19.5 Å². The van der Waals surface area contributed by atoms with E-state index in [0.717, 1.165) is 11.6 Å². The molecule has 0 spiro atoms. The first kappa shape index (κ1) is 23.2. The van der Waals surface area contributed by atoms with Gasteiger partial charge in [0.2, 0.25) is 0 Å². The Morgan fingerprint density at radius 1 is 1.14 bits per heavy atom. The Balaban J connectivity index is 2.83. The highest BCUT2D eigenvalue weighted by atomic mass is 16.6. The molecule has 28 heavy (non-hydrogen) atoms. The van der Waals surface area contributed by atoms with Gasteiger partial charge in [0.05, 0.1) is 17.6 Å². The minimum Gasteiger partial charge on any atom is -0.494 e. The first-order chi connectivity index (χ1) is 13.3. The number of carbonyl (C=O) groups excluding carboxylic acids is 2. The van der Waals surface area contributed by atoms with Crippen LogP contribution in [0.4, 0.5) is 0 Å². The van der Waals surface area contributed by atoms with Crippen molar-refractivity contribution in [3.63, 3.8) is 0 Å². The minimum absolute atomic E-state index is 0.0306. The molecule has 1 rings (SSSR count). The maximum atomic E-state index is 12.6. The van der Waals surface area contributed by atoms with E-state index in [1.54, 1.807) is 19.1 Å². The molecule has 0 radical (unpaired) electrons. The van der Waals surface area contributed by atoms with E-state index in [1.165, 1.54) is 0 Å². The van der Waals surface area contributed by atoms with Crippen molar-refractivity contribution >= 4 is 17.9 Å². The molecule has 7 nitrogen and oxygen atoms in total. The van der Waals surface area contributed by atoms with Crippen LogP contribution in [0.15, 0.2) is 48.3 Å². The highest BCUT2D eigenvalue weighted by Gasteiger charge is 2.36. The number of esters is 2. The Kier molecular flexibility index (Phi) is 9.78. The summed E-state index contributed by atoms with van der Waals surface area (Å²) in [4.78, 5) is 35.3. The van der Waals surface area contributed by atoms with Crippen molar-refractivity contribution in [1.29, 1.82) is 0 Å². The average Bonchev–Trinajstić information content (AvgIpc) is 2.69. The first-order valence-electron chi connectivity index (χ1n) is 9.10. The third-order valence-corrected chi connectivity index (χ3v) is 4.37. The van der Waals surface area contributed by atoms with Crippen molar-refractivity contribution in [2.24, 2.45) is 11.8 Å². The molecule has 0 aromatic rings. The molecule has 7 heteroatoms. The lowest BCUT2D eigenvalue weighted by Gasteiger charge is -2.26. The summed E-state index contributed by atoms with van der Waals surface area (Å²) in [5.74, 6) is -3.33. The second kappa shape index (κ2) is 11.8. The summed E-state index contributed by atoms with van der Waals surface area (Å²) in [6, 6.07) is 0. The van der Waals surface area contributed by atoms with Crippen LogP contribution < -0.4 is 0 Å². The molecule has 0 saturated carbocycles. The lowest BCUT2D eigenvalue weighted by molar-refractivity contribution is -0.168. The van der Waals surface area contributed by atoms with Gasteiger partial charge in [-0.1, -0.05) is 30.9 Å². The lowest BCUT2D eigenvalue weighted by Crippen LogP contribution is -2.37. The Morgan fingerprint density at radius 2 is 1.75 bits per heavy atom. The van der Waals surface area contributed by atoms with Crippen LogP contribution in [0.1, 0.15) is 33.6 Å². The molecule has 0 heterocycles. The lowest BCUT2D eigenvalue weighted by atomic mass is 9.83. The first-order valence-corrected chi connectivity index (χ1v) is 9.10. The molecule has 0 amide bonds. The van der Waals surface area contributed by atoms with Gasteiger partial charge in [0.15, 0.2) is 6.10 Å². The molecule has 0 bridgehead atoms. The quantitative estimate of drug-likeness (QED) is 0.200. The van der Waals surface area contributed by atoms with Gasteiger partial charge in [-0.2, -0.15) is 0 Å².